The summed E-state index contributed by atoms with van der Waals surface area (Å²) in [5.74, 6) is -0.208. The number of oxime groups is 1. The molecule has 2 atom stereocenters. The van der Waals surface area contributed by atoms with Crippen molar-refractivity contribution in [1.29, 1.82) is 0 Å². The van der Waals surface area contributed by atoms with Crippen LogP contribution in [0.5, 0.6) is 0 Å². The smallest absolute Gasteiger partial charge is 0.303 e. The number of carbonyl (C=O) groups is 1. The topological polar surface area (TPSA) is 58.9 Å². The number of carbonyl (C=O) groups excluding carboxylic acids is 1. The number of nitrogens with zero attached hydrogens (tertiary/aromatic N) is 1. The summed E-state index contributed by atoms with van der Waals surface area (Å²) < 4.78 is 5.71. The van der Waals surface area contributed by atoms with Gasteiger partial charge < -0.3 is 9.94 Å². The van der Waals surface area contributed by atoms with Gasteiger partial charge in [0.25, 0.3) is 0 Å². The molecule has 0 bridgehead atoms. The van der Waals surface area contributed by atoms with Crippen LogP contribution >= 0.6 is 0 Å². The van der Waals surface area contributed by atoms with Gasteiger partial charge in [-0.2, -0.15) is 0 Å². The number of benzene rings is 1. The zero-order valence-corrected chi connectivity index (χ0v) is 11.6. The van der Waals surface area contributed by atoms with E-state index in [-0.39, 0.29) is 11.9 Å². The van der Waals surface area contributed by atoms with Crippen molar-refractivity contribution in [2.75, 3.05) is 0 Å². The molecule has 2 aliphatic rings. The van der Waals surface area contributed by atoms with Crippen LogP contribution in [0.25, 0.3) is 0 Å². The molecule has 106 valence electrons. The van der Waals surface area contributed by atoms with Gasteiger partial charge in [0.15, 0.2) is 5.60 Å². The number of ether oxygens (including phenoxy) is 1. The SMILES string of the molecule is CC(=O)O[C@@]12/C(=N\O)CCCCC[C@H]1c1ccccc12. The van der Waals surface area contributed by atoms with Crippen molar-refractivity contribution in [3.63, 3.8) is 0 Å². The molecule has 1 fully saturated rings. The van der Waals surface area contributed by atoms with Gasteiger partial charge >= 0.3 is 5.97 Å². The third-order valence-electron chi connectivity index (χ3n) is 4.49. The van der Waals surface area contributed by atoms with E-state index < -0.39 is 5.60 Å². The van der Waals surface area contributed by atoms with Crippen LogP contribution in [0.3, 0.4) is 0 Å². The second kappa shape index (κ2) is 4.93. The maximum absolute atomic E-state index is 11.6. The van der Waals surface area contributed by atoms with Gasteiger partial charge in [-0.05, 0) is 24.8 Å². The largest absolute Gasteiger partial charge is 0.447 e. The van der Waals surface area contributed by atoms with E-state index in [9.17, 15) is 10.0 Å². The first-order valence-electron chi connectivity index (χ1n) is 7.20. The Balaban J connectivity index is 2.14. The minimum atomic E-state index is -0.836. The fourth-order valence-corrected chi connectivity index (χ4v) is 3.72. The monoisotopic (exact) mass is 273 g/mol. The minimum Gasteiger partial charge on any atom is -0.447 e. The highest BCUT2D eigenvalue weighted by Crippen LogP contribution is 2.57. The van der Waals surface area contributed by atoms with Crippen molar-refractivity contribution in [3.05, 3.63) is 35.4 Å². The third kappa shape index (κ3) is 1.74. The molecule has 2 aliphatic carbocycles. The van der Waals surface area contributed by atoms with E-state index in [0.29, 0.717) is 12.1 Å². The van der Waals surface area contributed by atoms with Crippen LogP contribution in [0.4, 0.5) is 0 Å². The van der Waals surface area contributed by atoms with Crippen LogP contribution < -0.4 is 0 Å². The molecule has 0 amide bonds. The number of fused-ring (bicyclic) bond motifs is 4. The van der Waals surface area contributed by atoms with Gasteiger partial charge in [0, 0.05) is 18.4 Å². The van der Waals surface area contributed by atoms with Gasteiger partial charge in [0.1, 0.15) is 5.71 Å². The summed E-state index contributed by atoms with van der Waals surface area (Å²) in [4.78, 5) is 11.6. The molecular formula is C16H19NO3. The summed E-state index contributed by atoms with van der Waals surface area (Å²) in [6.07, 6.45) is 4.84. The summed E-state index contributed by atoms with van der Waals surface area (Å²) in [5, 5.41) is 12.9. The standard InChI is InChI=1S/C16H19NO3/c1-11(18)20-16-13(12-7-5-6-9-14(12)16)8-3-2-4-10-15(16)17-19/h5-7,9,13,19H,2-4,8,10H2,1H3/b17-15-/t13-,16-/m0/s1. The van der Waals surface area contributed by atoms with Gasteiger partial charge in [-0.25, -0.2) is 0 Å². The number of rotatable bonds is 1. The van der Waals surface area contributed by atoms with Crippen LogP contribution in [-0.4, -0.2) is 16.9 Å². The summed E-state index contributed by atoms with van der Waals surface area (Å²) >= 11 is 0. The highest BCUT2D eigenvalue weighted by molar-refractivity contribution is 5.98. The third-order valence-corrected chi connectivity index (χ3v) is 4.49. The first kappa shape index (κ1) is 13.2. The molecule has 0 unspecified atom stereocenters. The van der Waals surface area contributed by atoms with Crippen LogP contribution in [0.15, 0.2) is 29.4 Å². The fourth-order valence-electron chi connectivity index (χ4n) is 3.72. The zero-order chi connectivity index (χ0) is 14.2. The first-order valence-corrected chi connectivity index (χ1v) is 7.20. The average molecular weight is 273 g/mol. The summed E-state index contributed by atoms with van der Waals surface area (Å²) in [6.45, 7) is 1.42. The highest BCUT2D eigenvalue weighted by atomic mass is 16.6. The molecule has 0 aromatic heterocycles. The molecule has 0 aliphatic heterocycles. The van der Waals surface area contributed by atoms with E-state index in [0.717, 1.165) is 31.2 Å². The van der Waals surface area contributed by atoms with Crippen molar-refractivity contribution in [2.24, 2.45) is 5.16 Å². The second-order valence-corrected chi connectivity index (χ2v) is 5.62. The molecule has 20 heavy (non-hydrogen) atoms. The van der Waals surface area contributed by atoms with Gasteiger partial charge in [-0.15, -0.1) is 0 Å². The average Bonchev–Trinajstić information content (AvgIpc) is 2.42. The Morgan fingerprint density at radius 3 is 2.90 bits per heavy atom. The maximum Gasteiger partial charge on any atom is 0.303 e. The quantitative estimate of drug-likeness (QED) is 0.485. The fraction of sp³-hybridized carbons (Fsp3) is 0.500. The Morgan fingerprint density at radius 2 is 2.15 bits per heavy atom. The molecule has 0 radical (unpaired) electrons. The number of hydrogen-bond acceptors (Lipinski definition) is 4. The Hall–Kier alpha value is -1.84. The van der Waals surface area contributed by atoms with Crippen molar-refractivity contribution >= 4 is 11.7 Å². The zero-order valence-electron chi connectivity index (χ0n) is 11.6. The number of esters is 1. The van der Waals surface area contributed by atoms with E-state index in [1.807, 2.05) is 18.2 Å². The van der Waals surface area contributed by atoms with Crippen molar-refractivity contribution in [1.82, 2.24) is 0 Å². The van der Waals surface area contributed by atoms with Gasteiger partial charge in [0.2, 0.25) is 0 Å². The van der Waals surface area contributed by atoms with Crippen LogP contribution in [-0.2, 0) is 15.1 Å². The molecule has 3 rings (SSSR count). The van der Waals surface area contributed by atoms with Crippen molar-refractivity contribution < 1.29 is 14.7 Å². The molecule has 0 saturated heterocycles. The molecule has 1 aromatic rings. The second-order valence-electron chi connectivity index (χ2n) is 5.62. The van der Waals surface area contributed by atoms with Gasteiger partial charge in [0.05, 0.1) is 0 Å². The molecule has 0 heterocycles. The van der Waals surface area contributed by atoms with Gasteiger partial charge in [-0.3, -0.25) is 4.79 Å². The Bertz CT molecular complexity index is 567. The lowest BCUT2D eigenvalue weighted by molar-refractivity contribution is -0.156. The Labute approximate surface area is 118 Å². The summed E-state index contributed by atoms with van der Waals surface area (Å²) in [5.41, 5.74) is 1.96. The first-order chi connectivity index (χ1) is 9.70. The molecule has 1 aromatic carbocycles. The van der Waals surface area contributed by atoms with Crippen LogP contribution in [0.2, 0.25) is 0 Å². The minimum absolute atomic E-state index is 0.119. The molecular weight excluding hydrogens is 254 g/mol. The van der Waals surface area contributed by atoms with Crippen LogP contribution in [0.1, 0.15) is 56.1 Å². The molecule has 0 spiro atoms. The van der Waals surface area contributed by atoms with Crippen molar-refractivity contribution in [2.45, 2.75) is 50.5 Å². The highest BCUT2D eigenvalue weighted by Gasteiger charge is 2.58. The van der Waals surface area contributed by atoms with E-state index in [2.05, 4.69) is 11.2 Å². The lowest BCUT2D eigenvalue weighted by Gasteiger charge is -2.51. The molecule has 1 N–H and O–H groups in total. The maximum atomic E-state index is 11.6. The summed E-state index contributed by atoms with van der Waals surface area (Å²) in [7, 11) is 0. The lowest BCUT2D eigenvalue weighted by Crippen LogP contribution is -2.53. The number of hydrogen-bond donors (Lipinski definition) is 1. The molecule has 4 nitrogen and oxygen atoms in total. The van der Waals surface area contributed by atoms with E-state index in [4.69, 9.17) is 4.74 Å². The van der Waals surface area contributed by atoms with E-state index in [1.165, 1.54) is 12.5 Å². The lowest BCUT2D eigenvalue weighted by atomic mass is 9.58. The predicted molar refractivity (Wildman–Crippen MR) is 74.9 cm³/mol. The van der Waals surface area contributed by atoms with E-state index >= 15 is 0 Å². The van der Waals surface area contributed by atoms with Crippen molar-refractivity contribution in [3.8, 4) is 0 Å². The predicted octanol–water partition coefficient (Wildman–Crippen LogP) is 3.34. The Morgan fingerprint density at radius 1 is 1.35 bits per heavy atom. The molecule has 4 heteroatoms. The molecule has 1 saturated carbocycles. The van der Waals surface area contributed by atoms with Gasteiger partial charge in [-0.1, -0.05) is 42.3 Å². The normalized spacial score (nSPS) is 30.4. The van der Waals surface area contributed by atoms with Crippen LogP contribution in [0, 0.1) is 0 Å². The Kier molecular flexibility index (Phi) is 3.24. The van der Waals surface area contributed by atoms with E-state index in [1.54, 1.807) is 0 Å². The summed E-state index contributed by atoms with van der Waals surface area (Å²) in [6, 6.07) is 8.00.